The zero-order valence-corrected chi connectivity index (χ0v) is 5.59. The van der Waals surface area contributed by atoms with Crippen LogP contribution in [-0.2, 0) is 0 Å². The van der Waals surface area contributed by atoms with Gasteiger partial charge in [0.05, 0.1) is 6.10 Å². The Hall–Kier alpha value is -0.120. The van der Waals surface area contributed by atoms with E-state index in [0.717, 1.165) is 6.54 Å². The van der Waals surface area contributed by atoms with Crippen LogP contribution in [0.1, 0.15) is 13.3 Å². The molecule has 9 heavy (non-hydrogen) atoms. The Labute approximate surface area is 54.7 Å². The molecule has 1 aliphatic heterocycles. The fraction of sp³-hybridized carbons (Fsp3) is 1.00. The minimum Gasteiger partial charge on any atom is -0.390 e. The molecule has 3 nitrogen and oxygen atoms in total. The summed E-state index contributed by atoms with van der Waals surface area (Å²) in [6, 6.07) is 0. The highest BCUT2D eigenvalue weighted by Crippen LogP contribution is 2.14. The van der Waals surface area contributed by atoms with Crippen LogP contribution in [0.5, 0.6) is 0 Å². The first-order valence-corrected chi connectivity index (χ1v) is 3.24. The molecule has 1 rings (SSSR count). The number of β-amino-alcohol motifs (C(OH)–C–C–N with tert-alkyl or cyclic N) is 1. The molecule has 0 aromatic heterocycles. The van der Waals surface area contributed by atoms with Gasteiger partial charge in [0.15, 0.2) is 0 Å². The highest BCUT2D eigenvalue weighted by atomic mass is 16.3. The fourth-order valence-corrected chi connectivity index (χ4v) is 1.01. The fourth-order valence-electron chi connectivity index (χ4n) is 1.01. The SMILES string of the molecule is C[C@]1(O)CNCC[C@H]1O. The predicted molar refractivity (Wildman–Crippen MR) is 34.1 cm³/mol. The molecule has 3 heteroatoms. The number of aliphatic hydroxyl groups is 2. The van der Waals surface area contributed by atoms with E-state index in [0.29, 0.717) is 13.0 Å². The Balaban J connectivity index is 2.49. The summed E-state index contributed by atoms with van der Waals surface area (Å²) in [5.41, 5.74) is -0.918. The minimum atomic E-state index is -0.918. The first kappa shape index (κ1) is 6.99. The van der Waals surface area contributed by atoms with Crippen molar-refractivity contribution in [1.82, 2.24) is 5.32 Å². The summed E-state index contributed by atoms with van der Waals surface area (Å²) in [4.78, 5) is 0. The second kappa shape index (κ2) is 2.25. The Morgan fingerprint density at radius 2 is 2.33 bits per heavy atom. The van der Waals surface area contributed by atoms with Crippen LogP contribution in [0.4, 0.5) is 0 Å². The quantitative estimate of drug-likeness (QED) is 0.399. The maximum absolute atomic E-state index is 9.33. The van der Waals surface area contributed by atoms with E-state index in [1.54, 1.807) is 6.92 Å². The maximum atomic E-state index is 9.33. The lowest BCUT2D eigenvalue weighted by Gasteiger charge is -2.33. The van der Waals surface area contributed by atoms with Gasteiger partial charge < -0.3 is 15.5 Å². The first-order chi connectivity index (χ1) is 4.13. The third-order valence-electron chi connectivity index (χ3n) is 1.80. The molecule has 1 saturated heterocycles. The highest BCUT2D eigenvalue weighted by Gasteiger charge is 2.32. The van der Waals surface area contributed by atoms with Gasteiger partial charge in [-0.25, -0.2) is 0 Å². The van der Waals surface area contributed by atoms with Gasteiger partial charge in [-0.2, -0.15) is 0 Å². The van der Waals surface area contributed by atoms with E-state index in [4.69, 9.17) is 5.11 Å². The zero-order chi connectivity index (χ0) is 6.91. The van der Waals surface area contributed by atoms with Gasteiger partial charge in [-0.1, -0.05) is 0 Å². The Bertz CT molecular complexity index is 103. The van der Waals surface area contributed by atoms with E-state index in [2.05, 4.69) is 5.32 Å². The molecule has 1 fully saturated rings. The molecule has 0 aliphatic carbocycles. The second-order valence-corrected chi connectivity index (χ2v) is 2.84. The van der Waals surface area contributed by atoms with Crippen LogP contribution in [0, 0.1) is 0 Å². The highest BCUT2D eigenvalue weighted by molar-refractivity contribution is 4.88. The molecule has 54 valence electrons. The number of piperidine rings is 1. The molecule has 0 spiro atoms. The van der Waals surface area contributed by atoms with Crippen LogP contribution in [0.15, 0.2) is 0 Å². The Morgan fingerprint density at radius 1 is 1.67 bits per heavy atom. The lowest BCUT2D eigenvalue weighted by Crippen LogP contribution is -2.53. The van der Waals surface area contributed by atoms with Gasteiger partial charge >= 0.3 is 0 Å². The summed E-state index contributed by atoms with van der Waals surface area (Å²) in [5, 5.41) is 21.5. The van der Waals surface area contributed by atoms with Crippen molar-refractivity contribution in [2.75, 3.05) is 13.1 Å². The van der Waals surface area contributed by atoms with E-state index >= 15 is 0 Å². The maximum Gasteiger partial charge on any atom is 0.100 e. The molecular weight excluding hydrogens is 118 g/mol. The summed E-state index contributed by atoms with van der Waals surface area (Å²) >= 11 is 0. The van der Waals surface area contributed by atoms with E-state index in [9.17, 15) is 5.11 Å². The minimum absolute atomic E-state index is 0.494. The lowest BCUT2D eigenvalue weighted by molar-refractivity contribution is -0.0763. The number of hydrogen-bond donors (Lipinski definition) is 3. The molecule has 0 saturated carbocycles. The smallest absolute Gasteiger partial charge is 0.100 e. The largest absolute Gasteiger partial charge is 0.390 e. The zero-order valence-electron chi connectivity index (χ0n) is 5.59. The lowest BCUT2D eigenvalue weighted by atomic mass is 9.93. The van der Waals surface area contributed by atoms with Gasteiger partial charge in [-0.15, -0.1) is 0 Å². The van der Waals surface area contributed by atoms with Crippen molar-refractivity contribution in [2.45, 2.75) is 25.0 Å². The number of nitrogens with one attached hydrogen (secondary N) is 1. The Kier molecular flexibility index (Phi) is 1.75. The van der Waals surface area contributed by atoms with E-state index in [1.807, 2.05) is 0 Å². The molecule has 0 bridgehead atoms. The van der Waals surface area contributed by atoms with Crippen LogP contribution in [-0.4, -0.2) is 35.0 Å². The normalized spacial score (nSPS) is 45.0. The third kappa shape index (κ3) is 1.41. The van der Waals surface area contributed by atoms with Crippen molar-refractivity contribution in [3.63, 3.8) is 0 Å². The van der Waals surface area contributed by atoms with Crippen LogP contribution < -0.4 is 5.32 Å². The average Bonchev–Trinajstić information content (AvgIpc) is 1.77. The van der Waals surface area contributed by atoms with Gasteiger partial charge in [0.1, 0.15) is 5.60 Å². The van der Waals surface area contributed by atoms with Crippen molar-refractivity contribution in [1.29, 1.82) is 0 Å². The van der Waals surface area contributed by atoms with E-state index in [-0.39, 0.29) is 0 Å². The van der Waals surface area contributed by atoms with Gasteiger partial charge in [0.25, 0.3) is 0 Å². The van der Waals surface area contributed by atoms with Crippen molar-refractivity contribution in [3.05, 3.63) is 0 Å². The third-order valence-corrected chi connectivity index (χ3v) is 1.80. The molecule has 0 amide bonds. The van der Waals surface area contributed by atoms with Gasteiger partial charge in [0, 0.05) is 6.54 Å². The second-order valence-electron chi connectivity index (χ2n) is 2.84. The van der Waals surface area contributed by atoms with Crippen LogP contribution in [0.3, 0.4) is 0 Å². The summed E-state index contributed by atoms with van der Waals surface area (Å²) < 4.78 is 0. The van der Waals surface area contributed by atoms with Crippen molar-refractivity contribution in [3.8, 4) is 0 Å². The van der Waals surface area contributed by atoms with Gasteiger partial charge in [0.2, 0.25) is 0 Å². The first-order valence-electron chi connectivity index (χ1n) is 3.24. The molecule has 0 aromatic carbocycles. The molecule has 0 aromatic rings. The summed E-state index contributed by atoms with van der Waals surface area (Å²) in [7, 11) is 0. The standard InChI is InChI=1S/C6H13NO2/c1-6(9)4-7-3-2-5(6)8/h5,7-9H,2-4H2,1H3/t5-,6+/m1/s1. The summed E-state index contributed by atoms with van der Waals surface area (Å²) in [6.45, 7) is 2.94. The molecule has 3 N–H and O–H groups in total. The Morgan fingerprint density at radius 3 is 2.67 bits per heavy atom. The van der Waals surface area contributed by atoms with Crippen molar-refractivity contribution >= 4 is 0 Å². The van der Waals surface area contributed by atoms with Gasteiger partial charge in [-0.3, -0.25) is 0 Å². The average molecular weight is 131 g/mol. The van der Waals surface area contributed by atoms with Crippen molar-refractivity contribution < 1.29 is 10.2 Å². The van der Waals surface area contributed by atoms with Crippen molar-refractivity contribution in [2.24, 2.45) is 0 Å². The molecule has 0 radical (unpaired) electrons. The molecule has 2 atom stereocenters. The van der Waals surface area contributed by atoms with Crippen LogP contribution >= 0.6 is 0 Å². The number of aliphatic hydroxyl groups excluding tert-OH is 1. The predicted octanol–water partition coefficient (Wildman–Crippen LogP) is -0.908. The van der Waals surface area contributed by atoms with Crippen LogP contribution in [0.25, 0.3) is 0 Å². The van der Waals surface area contributed by atoms with E-state index in [1.165, 1.54) is 0 Å². The summed E-state index contributed by atoms with van der Waals surface area (Å²) in [5.74, 6) is 0. The van der Waals surface area contributed by atoms with Crippen LogP contribution in [0.2, 0.25) is 0 Å². The summed E-state index contributed by atoms with van der Waals surface area (Å²) in [6.07, 6.45) is 0.0891. The monoisotopic (exact) mass is 131 g/mol. The molecular formula is C6H13NO2. The molecule has 1 heterocycles. The van der Waals surface area contributed by atoms with Gasteiger partial charge in [-0.05, 0) is 19.9 Å². The molecule has 1 aliphatic rings. The number of rotatable bonds is 0. The number of hydrogen-bond acceptors (Lipinski definition) is 3. The topological polar surface area (TPSA) is 52.5 Å². The van der Waals surface area contributed by atoms with E-state index < -0.39 is 11.7 Å². The molecule has 0 unspecified atom stereocenters.